The molecule has 27 heavy (non-hydrogen) atoms. The van der Waals surface area contributed by atoms with Crippen LogP contribution in [0.5, 0.6) is 0 Å². The standard InChI is InChI=1S/C19H26N4O2S.ClH/c1-12-15-17(21-14-4-3-9-23(14)18(15)24)26-16(12)19(25)22-10-6-13(7-11-22)5-8-20-2;/h13,20H,3-11H2,1-2H3;1H. The van der Waals surface area contributed by atoms with Crippen LogP contribution in [0.3, 0.4) is 0 Å². The molecule has 1 amide bonds. The third kappa shape index (κ3) is 3.65. The van der Waals surface area contributed by atoms with E-state index in [1.165, 1.54) is 17.8 Å². The Bertz CT molecular complexity index is 899. The van der Waals surface area contributed by atoms with Crippen LogP contribution in [-0.4, -0.2) is 47.0 Å². The van der Waals surface area contributed by atoms with Crippen molar-refractivity contribution in [1.82, 2.24) is 19.8 Å². The molecule has 1 fully saturated rings. The van der Waals surface area contributed by atoms with Gasteiger partial charge >= 0.3 is 0 Å². The highest BCUT2D eigenvalue weighted by Gasteiger charge is 2.28. The first-order valence-electron chi connectivity index (χ1n) is 9.57. The van der Waals surface area contributed by atoms with Gasteiger partial charge in [-0.25, -0.2) is 4.98 Å². The molecule has 0 aromatic carbocycles. The molecule has 2 aliphatic rings. The fourth-order valence-electron chi connectivity index (χ4n) is 4.20. The number of fused-ring (bicyclic) bond motifs is 2. The van der Waals surface area contributed by atoms with Crippen LogP contribution in [0.4, 0.5) is 0 Å². The number of amides is 1. The number of carbonyl (C=O) groups is 1. The molecule has 6 nitrogen and oxygen atoms in total. The number of hydrogen-bond acceptors (Lipinski definition) is 5. The molecular formula is C19H27ClN4O2S. The second-order valence-corrected chi connectivity index (χ2v) is 8.45. The number of nitrogens with zero attached hydrogens (tertiary/aromatic N) is 3. The third-order valence-electron chi connectivity index (χ3n) is 5.81. The van der Waals surface area contributed by atoms with Gasteiger partial charge in [-0.3, -0.25) is 14.2 Å². The normalized spacial score (nSPS) is 17.2. The van der Waals surface area contributed by atoms with Gasteiger partial charge in [-0.05, 0) is 57.7 Å². The number of aryl methyl sites for hydroxylation is 2. The zero-order valence-electron chi connectivity index (χ0n) is 15.9. The summed E-state index contributed by atoms with van der Waals surface area (Å²) in [5, 5.41) is 3.85. The van der Waals surface area contributed by atoms with Crippen molar-refractivity contribution in [2.45, 2.75) is 45.6 Å². The highest BCUT2D eigenvalue weighted by atomic mass is 35.5. The van der Waals surface area contributed by atoms with E-state index in [-0.39, 0.29) is 23.9 Å². The number of nitrogens with one attached hydrogen (secondary N) is 1. The second kappa shape index (κ2) is 8.29. The van der Waals surface area contributed by atoms with Gasteiger partial charge in [0.25, 0.3) is 11.5 Å². The van der Waals surface area contributed by atoms with Crippen LogP contribution in [0.15, 0.2) is 4.79 Å². The zero-order chi connectivity index (χ0) is 18.3. The summed E-state index contributed by atoms with van der Waals surface area (Å²) in [7, 11) is 1.98. The molecule has 0 bridgehead atoms. The minimum atomic E-state index is 0. The van der Waals surface area contributed by atoms with Gasteiger partial charge in [0.1, 0.15) is 10.7 Å². The summed E-state index contributed by atoms with van der Waals surface area (Å²) < 4.78 is 1.78. The predicted molar refractivity (Wildman–Crippen MR) is 111 cm³/mol. The monoisotopic (exact) mass is 410 g/mol. The third-order valence-corrected chi connectivity index (χ3v) is 6.98. The fourth-order valence-corrected chi connectivity index (χ4v) is 5.35. The summed E-state index contributed by atoms with van der Waals surface area (Å²) in [5.41, 5.74) is 0.841. The molecule has 2 aliphatic heterocycles. The SMILES string of the molecule is CNCCC1CCN(C(=O)c2sc3nc4n(c(=O)c3c2C)CCC4)CC1.Cl. The predicted octanol–water partition coefficient (Wildman–Crippen LogP) is 2.60. The first kappa shape index (κ1) is 20.3. The van der Waals surface area contributed by atoms with Crippen molar-refractivity contribution < 1.29 is 4.79 Å². The molecule has 1 N–H and O–H groups in total. The number of carbonyl (C=O) groups excluding carboxylic acids is 1. The van der Waals surface area contributed by atoms with E-state index < -0.39 is 0 Å². The van der Waals surface area contributed by atoms with Gasteiger partial charge in [0, 0.05) is 26.1 Å². The molecule has 4 heterocycles. The average Bonchev–Trinajstić information content (AvgIpc) is 3.25. The number of hydrogen-bond donors (Lipinski definition) is 1. The molecule has 4 rings (SSSR count). The van der Waals surface area contributed by atoms with E-state index in [0.29, 0.717) is 16.2 Å². The molecule has 0 radical (unpaired) electrons. The van der Waals surface area contributed by atoms with E-state index in [0.717, 1.165) is 68.1 Å². The highest BCUT2D eigenvalue weighted by Crippen LogP contribution is 2.31. The number of halogens is 1. The Labute approximate surface area is 169 Å². The van der Waals surface area contributed by atoms with Crippen LogP contribution in [0.1, 0.15) is 46.7 Å². The topological polar surface area (TPSA) is 67.2 Å². The Balaban J connectivity index is 0.00000210. The van der Waals surface area contributed by atoms with Crippen LogP contribution in [0, 0.1) is 12.8 Å². The number of aromatic nitrogens is 2. The van der Waals surface area contributed by atoms with E-state index >= 15 is 0 Å². The van der Waals surface area contributed by atoms with Gasteiger partial charge in [-0.15, -0.1) is 23.7 Å². The molecule has 0 spiro atoms. The number of rotatable bonds is 4. The molecular weight excluding hydrogens is 384 g/mol. The minimum absolute atomic E-state index is 0. The summed E-state index contributed by atoms with van der Waals surface area (Å²) >= 11 is 1.39. The van der Waals surface area contributed by atoms with Crippen LogP contribution in [-0.2, 0) is 13.0 Å². The lowest BCUT2D eigenvalue weighted by molar-refractivity contribution is 0.0691. The van der Waals surface area contributed by atoms with Crippen LogP contribution in [0.25, 0.3) is 10.2 Å². The lowest BCUT2D eigenvalue weighted by atomic mass is 9.93. The lowest BCUT2D eigenvalue weighted by Gasteiger charge is -2.32. The number of thiophene rings is 1. The average molecular weight is 411 g/mol. The first-order valence-corrected chi connectivity index (χ1v) is 10.4. The van der Waals surface area contributed by atoms with Crippen LogP contribution >= 0.6 is 23.7 Å². The summed E-state index contributed by atoms with van der Waals surface area (Å²) in [5.74, 6) is 1.64. The Morgan fingerprint density at radius 2 is 2.04 bits per heavy atom. The molecule has 1 saturated heterocycles. The Morgan fingerprint density at radius 1 is 1.30 bits per heavy atom. The maximum Gasteiger partial charge on any atom is 0.264 e. The minimum Gasteiger partial charge on any atom is -0.338 e. The van der Waals surface area contributed by atoms with Crippen LogP contribution in [0.2, 0.25) is 0 Å². The van der Waals surface area contributed by atoms with Crippen molar-refractivity contribution in [3.63, 3.8) is 0 Å². The van der Waals surface area contributed by atoms with Crippen LogP contribution < -0.4 is 10.9 Å². The largest absolute Gasteiger partial charge is 0.338 e. The van der Waals surface area contributed by atoms with Crippen molar-refractivity contribution >= 4 is 39.9 Å². The van der Waals surface area contributed by atoms with E-state index in [2.05, 4.69) is 10.3 Å². The van der Waals surface area contributed by atoms with Crippen molar-refractivity contribution in [1.29, 1.82) is 0 Å². The van der Waals surface area contributed by atoms with E-state index in [4.69, 9.17) is 0 Å². The summed E-state index contributed by atoms with van der Waals surface area (Å²) in [6, 6.07) is 0. The quantitative estimate of drug-likeness (QED) is 0.841. The Kier molecular flexibility index (Phi) is 6.23. The van der Waals surface area contributed by atoms with E-state index in [1.54, 1.807) is 4.57 Å². The number of piperidine rings is 1. The summed E-state index contributed by atoms with van der Waals surface area (Å²) in [6.45, 7) is 5.30. The summed E-state index contributed by atoms with van der Waals surface area (Å²) in [6.07, 6.45) is 5.13. The molecule has 0 atom stereocenters. The van der Waals surface area contributed by atoms with Gasteiger partial charge in [0.2, 0.25) is 0 Å². The van der Waals surface area contributed by atoms with Crippen molar-refractivity contribution in [2.75, 3.05) is 26.7 Å². The number of likely N-dealkylation sites (tertiary alicyclic amines) is 1. The molecule has 8 heteroatoms. The van der Waals surface area contributed by atoms with Crippen molar-refractivity contribution in [3.05, 3.63) is 26.6 Å². The second-order valence-electron chi connectivity index (χ2n) is 7.45. The molecule has 2 aromatic heterocycles. The van der Waals surface area contributed by atoms with E-state index in [9.17, 15) is 9.59 Å². The highest BCUT2D eigenvalue weighted by molar-refractivity contribution is 7.20. The maximum absolute atomic E-state index is 13.1. The van der Waals surface area contributed by atoms with Gasteiger partial charge in [0.15, 0.2) is 0 Å². The first-order chi connectivity index (χ1) is 12.6. The molecule has 0 saturated carbocycles. The van der Waals surface area contributed by atoms with Gasteiger partial charge in [0.05, 0.1) is 10.3 Å². The maximum atomic E-state index is 13.1. The smallest absolute Gasteiger partial charge is 0.264 e. The van der Waals surface area contributed by atoms with Crippen molar-refractivity contribution in [2.24, 2.45) is 5.92 Å². The van der Waals surface area contributed by atoms with E-state index in [1.807, 2.05) is 18.9 Å². The van der Waals surface area contributed by atoms with Gasteiger partial charge in [-0.1, -0.05) is 0 Å². The molecule has 0 unspecified atom stereocenters. The zero-order valence-corrected chi connectivity index (χ0v) is 17.5. The molecule has 148 valence electrons. The lowest BCUT2D eigenvalue weighted by Crippen LogP contribution is -2.38. The molecule has 2 aromatic rings. The molecule has 0 aliphatic carbocycles. The fraction of sp³-hybridized carbons (Fsp3) is 0.632. The Morgan fingerprint density at radius 3 is 2.74 bits per heavy atom. The Hall–Kier alpha value is -1.44. The van der Waals surface area contributed by atoms with Crippen molar-refractivity contribution in [3.8, 4) is 0 Å². The summed E-state index contributed by atoms with van der Waals surface area (Å²) in [4.78, 5) is 33.9. The van der Waals surface area contributed by atoms with Gasteiger partial charge < -0.3 is 10.2 Å². The van der Waals surface area contributed by atoms with Gasteiger partial charge in [-0.2, -0.15) is 0 Å².